The van der Waals surface area contributed by atoms with Crippen LogP contribution in [0.15, 0.2) is 47.4 Å². The molecule has 0 N–H and O–H groups in total. The fraction of sp³-hybridized carbons (Fsp3) is 0.364. The number of ether oxygens (including phenoxy) is 3. The third-order valence-corrected chi connectivity index (χ3v) is 8.44. The largest absolute Gasteiger partial charge is 0.486 e. The molecule has 0 atom stereocenters. The first-order chi connectivity index (χ1) is 16.0. The van der Waals surface area contributed by atoms with E-state index in [4.69, 9.17) is 14.2 Å². The van der Waals surface area contributed by atoms with E-state index in [1.807, 2.05) is 24.3 Å². The van der Waals surface area contributed by atoms with Gasteiger partial charge in [-0.25, -0.2) is 13.4 Å². The molecular formula is C22H23N3O6S2. The Kier molecular flexibility index (Phi) is 6.19. The predicted octanol–water partition coefficient (Wildman–Crippen LogP) is 2.12. The van der Waals surface area contributed by atoms with E-state index >= 15 is 0 Å². The van der Waals surface area contributed by atoms with Gasteiger partial charge in [0.2, 0.25) is 15.9 Å². The molecule has 3 heterocycles. The summed E-state index contributed by atoms with van der Waals surface area (Å²) < 4.78 is 45.1. The molecule has 0 saturated carbocycles. The molecule has 174 valence electrons. The third-order valence-electron chi connectivity index (χ3n) is 5.53. The first kappa shape index (κ1) is 22.1. The van der Waals surface area contributed by atoms with Gasteiger partial charge in [-0.1, -0.05) is 12.1 Å². The van der Waals surface area contributed by atoms with Crippen molar-refractivity contribution in [3.8, 4) is 11.5 Å². The number of rotatable bonds is 6. The summed E-state index contributed by atoms with van der Waals surface area (Å²) in [4.78, 5) is 18.8. The molecule has 9 nitrogen and oxygen atoms in total. The first-order valence-corrected chi connectivity index (χ1v) is 12.9. The summed E-state index contributed by atoms with van der Waals surface area (Å²) in [5, 5.41) is 0.819. The molecule has 1 fully saturated rings. The maximum Gasteiger partial charge on any atom is 0.248 e. The van der Waals surface area contributed by atoms with E-state index in [-0.39, 0.29) is 37.1 Å². The summed E-state index contributed by atoms with van der Waals surface area (Å²) in [7, 11) is -3.69. The van der Waals surface area contributed by atoms with Crippen molar-refractivity contribution < 1.29 is 27.4 Å². The van der Waals surface area contributed by atoms with Crippen LogP contribution in [0.4, 0.5) is 0 Å². The molecule has 1 saturated heterocycles. The number of fused-ring (bicyclic) bond motifs is 2. The van der Waals surface area contributed by atoms with Gasteiger partial charge in [0, 0.05) is 32.2 Å². The fourth-order valence-corrected chi connectivity index (χ4v) is 6.15. The Balaban J connectivity index is 1.13. The van der Waals surface area contributed by atoms with Crippen molar-refractivity contribution in [1.29, 1.82) is 0 Å². The number of carbonyl (C=O) groups is 1. The van der Waals surface area contributed by atoms with Crippen molar-refractivity contribution in [3.05, 3.63) is 47.5 Å². The summed E-state index contributed by atoms with van der Waals surface area (Å²) in [6.07, 6.45) is 0. The van der Waals surface area contributed by atoms with Crippen molar-refractivity contribution >= 4 is 37.5 Å². The van der Waals surface area contributed by atoms with E-state index in [1.54, 1.807) is 22.3 Å². The van der Waals surface area contributed by atoms with Gasteiger partial charge in [-0.3, -0.25) is 4.79 Å². The van der Waals surface area contributed by atoms with Crippen LogP contribution < -0.4 is 9.47 Å². The Bertz CT molecular complexity index is 1240. The molecule has 11 heteroatoms. The Hall–Kier alpha value is -2.73. The molecule has 0 bridgehead atoms. The van der Waals surface area contributed by atoms with Gasteiger partial charge in [0.05, 0.1) is 21.7 Å². The molecular weight excluding hydrogens is 466 g/mol. The molecule has 1 aromatic heterocycles. The zero-order valence-corrected chi connectivity index (χ0v) is 19.4. The van der Waals surface area contributed by atoms with E-state index in [1.165, 1.54) is 16.4 Å². The second kappa shape index (κ2) is 9.26. The van der Waals surface area contributed by atoms with Crippen LogP contribution in [0.1, 0.15) is 5.01 Å². The number of sulfonamides is 1. The van der Waals surface area contributed by atoms with Gasteiger partial charge in [0.15, 0.2) is 11.5 Å². The van der Waals surface area contributed by atoms with E-state index in [0.29, 0.717) is 37.8 Å². The van der Waals surface area contributed by atoms with Crippen LogP contribution >= 0.6 is 11.3 Å². The van der Waals surface area contributed by atoms with Crippen LogP contribution in [0.2, 0.25) is 0 Å². The highest BCUT2D eigenvalue weighted by molar-refractivity contribution is 7.89. The second-order valence-corrected chi connectivity index (χ2v) is 10.7. The summed E-state index contributed by atoms with van der Waals surface area (Å²) in [5.41, 5.74) is 0.919. The minimum atomic E-state index is -3.69. The average Bonchev–Trinajstić information content (AvgIpc) is 3.26. The molecule has 33 heavy (non-hydrogen) atoms. The zero-order valence-electron chi connectivity index (χ0n) is 17.8. The van der Waals surface area contributed by atoms with Gasteiger partial charge in [-0.05, 0) is 24.3 Å². The van der Waals surface area contributed by atoms with Crippen LogP contribution in [0.5, 0.6) is 11.5 Å². The molecule has 0 radical (unpaired) electrons. The third kappa shape index (κ3) is 4.67. The van der Waals surface area contributed by atoms with Crippen LogP contribution in [-0.2, 0) is 26.2 Å². The number of nitrogens with zero attached hydrogens (tertiary/aromatic N) is 3. The Labute approximate surface area is 195 Å². The lowest BCUT2D eigenvalue weighted by Crippen LogP contribution is -2.51. The highest BCUT2D eigenvalue weighted by Gasteiger charge is 2.31. The van der Waals surface area contributed by atoms with Crippen LogP contribution in [0, 0.1) is 0 Å². The number of piperazine rings is 1. The lowest BCUT2D eigenvalue weighted by atomic mass is 10.3. The molecule has 5 rings (SSSR count). The van der Waals surface area contributed by atoms with Crippen molar-refractivity contribution in [2.24, 2.45) is 0 Å². The summed E-state index contributed by atoms with van der Waals surface area (Å²) in [6, 6.07) is 12.5. The summed E-state index contributed by atoms with van der Waals surface area (Å²) in [6.45, 7) is 2.10. The predicted molar refractivity (Wildman–Crippen MR) is 122 cm³/mol. The van der Waals surface area contributed by atoms with E-state index < -0.39 is 10.0 Å². The smallest absolute Gasteiger partial charge is 0.248 e. The summed E-state index contributed by atoms with van der Waals surface area (Å²) >= 11 is 1.54. The maximum atomic E-state index is 13.0. The number of para-hydroxylation sites is 1. The molecule has 0 unspecified atom stereocenters. The van der Waals surface area contributed by atoms with Crippen LogP contribution in [0.3, 0.4) is 0 Å². The maximum absolute atomic E-state index is 13.0. The number of carbonyl (C=O) groups excluding carboxylic acids is 1. The highest BCUT2D eigenvalue weighted by Crippen LogP contribution is 2.33. The van der Waals surface area contributed by atoms with Gasteiger partial charge < -0.3 is 19.1 Å². The minimum Gasteiger partial charge on any atom is -0.486 e. The normalized spacial score (nSPS) is 16.8. The lowest BCUT2D eigenvalue weighted by Gasteiger charge is -2.34. The van der Waals surface area contributed by atoms with E-state index in [9.17, 15) is 13.2 Å². The zero-order chi connectivity index (χ0) is 22.8. The molecule has 1 amide bonds. The summed E-state index contributed by atoms with van der Waals surface area (Å²) in [5.74, 6) is 0.815. The van der Waals surface area contributed by atoms with Crippen molar-refractivity contribution in [3.63, 3.8) is 0 Å². The number of benzene rings is 2. The molecule has 2 aliphatic rings. The lowest BCUT2D eigenvalue weighted by molar-refractivity contribution is -0.137. The number of aromatic nitrogens is 1. The van der Waals surface area contributed by atoms with Gasteiger partial charge in [-0.15, -0.1) is 11.3 Å². The monoisotopic (exact) mass is 489 g/mol. The number of thiazole rings is 1. The van der Waals surface area contributed by atoms with Gasteiger partial charge in [0.25, 0.3) is 0 Å². The topological polar surface area (TPSA) is 98.3 Å². The van der Waals surface area contributed by atoms with Gasteiger partial charge in [-0.2, -0.15) is 4.31 Å². The van der Waals surface area contributed by atoms with Crippen molar-refractivity contribution in [1.82, 2.24) is 14.2 Å². The molecule has 2 aliphatic heterocycles. The van der Waals surface area contributed by atoms with E-state index in [0.717, 1.165) is 15.2 Å². The standard InChI is InChI=1S/C22H23N3O6S2/c26-22(15-29-14-21-23-17-3-1-2-4-20(17)32-21)24-7-9-25(10-8-24)33(27,28)16-5-6-18-19(13-16)31-12-11-30-18/h1-6,13H,7-12,14-15H2. The van der Waals surface area contributed by atoms with E-state index in [2.05, 4.69) is 4.98 Å². The molecule has 3 aromatic rings. The molecule has 0 aliphatic carbocycles. The Morgan fingerprint density at radius 3 is 2.58 bits per heavy atom. The SMILES string of the molecule is O=C(COCc1nc2ccccc2s1)N1CCN(S(=O)(=O)c2ccc3c(c2)OCCO3)CC1. The van der Waals surface area contributed by atoms with Crippen LogP contribution in [-0.4, -0.2) is 74.5 Å². The first-order valence-electron chi connectivity index (χ1n) is 10.6. The Morgan fingerprint density at radius 1 is 1.03 bits per heavy atom. The van der Waals surface area contributed by atoms with Crippen molar-refractivity contribution in [2.45, 2.75) is 11.5 Å². The Morgan fingerprint density at radius 2 is 1.79 bits per heavy atom. The van der Waals surface area contributed by atoms with Crippen LogP contribution in [0.25, 0.3) is 10.2 Å². The second-order valence-electron chi connectivity index (χ2n) is 7.66. The van der Waals surface area contributed by atoms with Gasteiger partial charge in [0.1, 0.15) is 24.8 Å². The molecule has 2 aromatic carbocycles. The average molecular weight is 490 g/mol. The number of amides is 1. The number of hydrogen-bond donors (Lipinski definition) is 0. The van der Waals surface area contributed by atoms with Crippen molar-refractivity contribution in [2.75, 3.05) is 46.0 Å². The molecule has 0 spiro atoms. The quantitative estimate of drug-likeness (QED) is 0.523. The fourth-order valence-electron chi connectivity index (χ4n) is 3.81. The highest BCUT2D eigenvalue weighted by atomic mass is 32.2. The minimum absolute atomic E-state index is 0.0646. The number of hydrogen-bond acceptors (Lipinski definition) is 8. The van der Waals surface area contributed by atoms with Gasteiger partial charge >= 0.3 is 0 Å².